The quantitative estimate of drug-likeness (QED) is 0.719. The highest BCUT2D eigenvalue weighted by atomic mass is 16.5. The first-order valence-electron chi connectivity index (χ1n) is 5.95. The summed E-state index contributed by atoms with van der Waals surface area (Å²) in [6.07, 6.45) is 2.92. The number of carbonyl (C=O) groups is 2. The van der Waals surface area contributed by atoms with E-state index >= 15 is 0 Å². The average Bonchev–Trinajstić information content (AvgIpc) is 2.38. The number of carboxylic acid groups (broad SMARTS) is 1. The van der Waals surface area contributed by atoms with Crippen LogP contribution < -0.4 is 4.74 Å². The lowest BCUT2D eigenvalue weighted by Gasteiger charge is -2.07. The van der Waals surface area contributed by atoms with E-state index in [-0.39, 0.29) is 12.3 Å². The van der Waals surface area contributed by atoms with Crippen molar-refractivity contribution in [2.45, 2.75) is 25.7 Å². The number of benzene rings is 1. The molecule has 0 aliphatic rings. The predicted molar refractivity (Wildman–Crippen MR) is 67.7 cm³/mol. The van der Waals surface area contributed by atoms with Gasteiger partial charge in [-0.15, -0.1) is 0 Å². The van der Waals surface area contributed by atoms with Crippen LogP contribution in [-0.2, 0) is 16.0 Å². The highest BCUT2D eigenvalue weighted by molar-refractivity contribution is 5.71. The fourth-order valence-electron chi connectivity index (χ4n) is 1.80. The highest BCUT2D eigenvalue weighted by Gasteiger charge is 2.11. The molecular weight excluding hydrogens is 232 g/mol. The first-order chi connectivity index (χ1) is 8.65. The molecule has 0 aliphatic carbocycles. The van der Waals surface area contributed by atoms with Gasteiger partial charge in [-0.2, -0.15) is 0 Å². The van der Waals surface area contributed by atoms with Crippen molar-refractivity contribution in [3.63, 3.8) is 0 Å². The van der Waals surface area contributed by atoms with E-state index in [0.29, 0.717) is 6.42 Å². The van der Waals surface area contributed by atoms with Crippen molar-refractivity contribution in [3.8, 4) is 5.75 Å². The van der Waals surface area contributed by atoms with Crippen LogP contribution in [0.25, 0.3) is 0 Å². The van der Waals surface area contributed by atoms with Crippen LogP contribution in [-0.4, -0.2) is 24.5 Å². The monoisotopic (exact) mass is 250 g/mol. The Morgan fingerprint density at radius 1 is 1.39 bits per heavy atom. The molecule has 0 heterocycles. The molecule has 4 nitrogen and oxygen atoms in total. The van der Waals surface area contributed by atoms with Crippen molar-refractivity contribution in [2.24, 2.45) is 5.92 Å². The Morgan fingerprint density at radius 3 is 2.56 bits per heavy atom. The van der Waals surface area contributed by atoms with Gasteiger partial charge in [0.05, 0.1) is 13.5 Å². The van der Waals surface area contributed by atoms with E-state index < -0.39 is 5.97 Å². The number of ether oxygens (including phenoxy) is 1. The second-order valence-corrected chi connectivity index (χ2v) is 4.23. The summed E-state index contributed by atoms with van der Waals surface area (Å²) < 4.78 is 5.06. The average molecular weight is 250 g/mol. The lowest BCUT2D eigenvalue weighted by atomic mass is 9.98. The number of hydrogen-bond donors (Lipinski definition) is 1. The summed E-state index contributed by atoms with van der Waals surface area (Å²) in [5.74, 6) is -0.479. The maximum absolute atomic E-state index is 10.7. The summed E-state index contributed by atoms with van der Waals surface area (Å²) in [7, 11) is 1.62. The normalized spacial score (nSPS) is 11.8. The number of hydrogen-bond acceptors (Lipinski definition) is 3. The van der Waals surface area contributed by atoms with Gasteiger partial charge in [-0.3, -0.25) is 4.79 Å². The summed E-state index contributed by atoms with van der Waals surface area (Å²) in [4.78, 5) is 21.2. The van der Waals surface area contributed by atoms with E-state index in [4.69, 9.17) is 9.84 Å². The molecule has 98 valence electrons. The van der Waals surface area contributed by atoms with E-state index in [9.17, 15) is 9.59 Å². The summed E-state index contributed by atoms with van der Waals surface area (Å²) in [5.41, 5.74) is 1.16. The van der Waals surface area contributed by atoms with E-state index in [1.807, 2.05) is 24.3 Å². The molecule has 0 aromatic heterocycles. The largest absolute Gasteiger partial charge is 0.497 e. The maximum Gasteiger partial charge on any atom is 0.304 e. The number of aliphatic carboxylic acids is 1. The summed E-state index contributed by atoms with van der Waals surface area (Å²) >= 11 is 0. The van der Waals surface area contributed by atoms with Crippen LogP contribution >= 0.6 is 0 Å². The van der Waals surface area contributed by atoms with Gasteiger partial charge in [0.1, 0.15) is 12.0 Å². The number of rotatable bonds is 8. The Bertz CT molecular complexity index is 383. The minimum atomic E-state index is -0.920. The third kappa shape index (κ3) is 4.99. The van der Waals surface area contributed by atoms with E-state index in [1.54, 1.807) is 7.11 Å². The van der Waals surface area contributed by atoms with Crippen molar-refractivity contribution < 1.29 is 19.4 Å². The molecule has 0 amide bonds. The zero-order chi connectivity index (χ0) is 13.4. The first kappa shape index (κ1) is 14.2. The van der Waals surface area contributed by atoms with E-state index in [0.717, 1.165) is 30.4 Å². The molecule has 4 heteroatoms. The van der Waals surface area contributed by atoms with Crippen LogP contribution in [0, 0.1) is 5.92 Å². The van der Waals surface area contributed by atoms with Gasteiger partial charge in [0, 0.05) is 5.92 Å². The number of carbonyl (C=O) groups excluding carboxylic acids is 1. The highest BCUT2D eigenvalue weighted by Crippen LogP contribution is 2.15. The lowest BCUT2D eigenvalue weighted by Crippen LogP contribution is -2.09. The molecule has 0 radical (unpaired) electrons. The molecule has 0 saturated heterocycles. The molecule has 0 unspecified atom stereocenters. The smallest absolute Gasteiger partial charge is 0.304 e. The molecular formula is C14H18O4. The zero-order valence-corrected chi connectivity index (χ0v) is 10.5. The van der Waals surface area contributed by atoms with Gasteiger partial charge in [0.2, 0.25) is 0 Å². The van der Waals surface area contributed by atoms with Crippen molar-refractivity contribution in [3.05, 3.63) is 29.8 Å². The molecule has 1 atom stereocenters. The van der Waals surface area contributed by atoms with Crippen molar-refractivity contribution >= 4 is 12.3 Å². The van der Waals surface area contributed by atoms with Gasteiger partial charge in [-0.1, -0.05) is 12.1 Å². The Morgan fingerprint density at radius 2 is 2.06 bits per heavy atom. The van der Waals surface area contributed by atoms with Gasteiger partial charge < -0.3 is 14.6 Å². The molecule has 1 aromatic rings. The SMILES string of the molecule is COc1ccc(CCC[C@@H](C=O)CC(=O)O)cc1. The van der Waals surface area contributed by atoms with Crippen LogP contribution in [0.3, 0.4) is 0 Å². The standard InChI is InChI=1S/C14H18O4/c1-18-13-7-5-11(6-8-13)3-2-4-12(10-15)9-14(16)17/h5-8,10,12H,2-4,9H2,1H3,(H,16,17)/t12-/m1/s1. The fraction of sp³-hybridized carbons (Fsp3) is 0.429. The lowest BCUT2D eigenvalue weighted by molar-refractivity contribution is -0.139. The number of methoxy groups -OCH3 is 1. The molecule has 0 fully saturated rings. The van der Waals surface area contributed by atoms with Crippen molar-refractivity contribution in [1.82, 2.24) is 0 Å². The minimum absolute atomic E-state index is 0.0773. The topological polar surface area (TPSA) is 63.6 Å². The molecule has 0 spiro atoms. The Labute approximate surface area is 107 Å². The van der Waals surface area contributed by atoms with Gasteiger partial charge in [0.25, 0.3) is 0 Å². The summed E-state index contributed by atoms with van der Waals surface area (Å²) in [5, 5.41) is 8.62. The third-order valence-electron chi connectivity index (χ3n) is 2.83. The molecule has 1 N–H and O–H groups in total. The van der Waals surface area contributed by atoms with Gasteiger partial charge in [-0.05, 0) is 37.0 Å². The number of aldehydes is 1. The predicted octanol–water partition coefficient (Wildman–Crippen LogP) is 2.31. The Kier molecular flexibility index (Phi) is 5.91. The summed E-state index contributed by atoms with van der Waals surface area (Å²) in [6.45, 7) is 0. The van der Waals surface area contributed by atoms with Crippen LogP contribution in [0.4, 0.5) is 0 Å². The van der Waals surface area contributed by atoms with E-state index in [1.165, 1.54) is 0 Å². The summed E-state index contributed by atoms with van der Waals surface area (Å²) in [6, 6.07) is 7.74. The maximum atomic E-state index is 10.7. The van der Waals surface area contributed by atoms with E-state index in [2.05, 4.69) is 0 Å². The van der Waals surface area contributed by atoms with Gasteiger partial charge in [-0.25, -0.2) is 0 Å². The van der Waals surface area contributed by atoms with Crippen LogP contribution in [0.2, 0.25) is 0 Å². The molecule has 1 aromatic carbocycles. The molecule has 0 aliphatic heterocycles. The molecule has 1 rings (SSSR count). The Balaban J connectivity index is 2.35. The second kappa shape index (κ2) is 7.48. The zero-order valence-electron chi connectivity index (χ0n) is 10.5. The Hall–Kier alpha value is -1.84. The number of carboxylic acids is 1. The first-order valence-corrected chi connectivity index (χ1v) is 5.95. The minimum Gasteiger partial charge on any atom is -0.497 e. The molecule has 18 heavy (non-hydrogen) atoms. The van der Waals surface area contributed by atoms with Crippen molar-refractivity contribution in [1.29, 1.82) is 0 Å². The fourth-order valence-corrected chi connectivity index (χ4v) is 1.80. The number of aryl methyl sites for hydroxylation is 1. The van der Waals surface area contributed by atoms with Crippen LogP contribution in [0.15, 0.2) is 24.3 Å². The molecule has 0 saturated carbocycles. The van der Waals surface area contributed by atoms with Gasteiger partial charge in [0.15, 0.2) is 0 Å². The third-order valence-corrected chi connectivity index (χ3v) is 2.83. The second-order valence-electron chi connectivity index (χ2n) is 4.23. The van der Waals surface area contributed by atoms with Crippen molar-refractivity contribution in [2.75, 3.05) is 7.11 Å². The molecule has 0 bridgehead atoms. The van der Waals surface area contributed by atoms with Gasteiger partial charge >= 0.3 is 5.97 Å². The van der Waals surface area contributed by atoms with Crippen LogP contribution in [0.1, 0.15) is 24.8 Å². The van der Waals surface area contributed by atoms with Crippen LogP contribution in [0.5, 0.6) is 5.75 Å².